The van der Waals surface area contributed by atoms with E-state index in [2.05, 4.69) is 24.8 Å². The Morgan fingerprint density at radius 1 is 1.22 bits per heavy atom. The number of hydrogen-bond acceptors (Lipinski definition) is 3. The van der Waals surface area contributed by atoms with Gasteiger partial charge < -0.3 is 5.11 Å². The fourth-order valence-corrected chi connectivity index (χ4v) is 3.33. The predicted molar refractivity (Wildman–Crippen MR) is 74.1 cm³/mol. The molecule has 0 aliphatic heterocycles. The van der Waals surface area contributed by atoms with Crippen LogP contribution in [0.15, 0.2) is 0 Å². The summed E-state index contributed by atoms with van der Waals surface area (Å²) in [4.78, 5) is 2.42. The molecule has 104 valence electrons. The Hall–Kier alpha value is -0.590. The second-order valence-corrected chi connectivity index (χ2v) is 5.37. The molecule has 0 amide bonds. The quantitative estimate of drug-likeness (QED) is 0.739. The van der Waals surface area contributed by atoms with Crippen LogP contribution >= 0.6 is 0 Å². The number of aliphatic hydroxyl groups excluding tert-OH is 1. The highest BCUT2D eigenvalue weighted by Crippen LogP contribution is 2.29. The van der Waals surface area contributed by atoms with Gasteiger partial charge in [-0.15, -0.1) is 0 Å². The number of rotatable bonds is 6. The van der Waals surface area contributed by atoms with Gasteiger partial charge in [0.15, 0.2) is 0 Å². The van der Waals surface area contributed by atoms with E-state index in [1.807, 2.05) is 0 Å². The monoisotopic (exact) mass is 252 g/mol. The summed E-state index contributed by atoms with van der Waals surface area (Å²) in [6.45, 7) is 5.33. The number of hydrogen-bond donors (Lipinski definition) is 1. The van der Waals surface area contributed by atoms with Crippen LogP contribution in [0.25, 0.3) is 0 Å². The van der Waals surface area contributed by atoms with Crippen LogP contribution in [0.4, 0.5) is 0 Å². The van der Waals surface area contributed by atoms with Gasteiger partial charge in [-0.1, -0.05) is 33.1 Å². The molecule has 0 heterocycles. The first-order valence-electron chi connectivity index (χ1n) is 7.54. The molecule has 2 atom stereocenters. The Balaban J connectivity index is 2.82. The Morgan fingerprint density at radius 2 is 1.89 bits per heavy atom. The third kappa shape index (κ3) is 3.96. The van der Waals surface area contributed by atoms with Crippen LogP contribution < -0.4 is 0 Å². The van der Waals surface area contributed by atoms with Crippen molar-refractivity contribution < 1.29 is 5.11 Å². The molecule has 1 saturated carbocycles. The molecule has 0 aromatic rings. The molecule has 3 nitrogen and oxygen atoms in total. The van der Waals surface area contributed by atoms with E-state index in [0.717, 1.165) is 32.2 Å². The summed E-state index contributed by atoms with van der Waals surface area (Å²) in [6, 6.07) is 3.38. The maximum atomic E-state index is 9.39. The summed E-state index contributed by atoms with van der Waals surface area (Å²) in [7, 11) is 0. The van der Waals surface area contributed by atoms with E-state index in [0.29, 0.717) is 12.1 Å². The highest BCUT2D eigenvalue weighted by molar-refractivity contribution is 4.96. The van der Waals surface area contributed by atoms with Gasteiger partial charge in [-0.3, -0.25) is 4.90 Å². The van der Waals surface area contributed by atoms with Crippen LogP contribution in [-0.4, -0.2) is 35.2 Å². The maximum absolute atomic E-state index is 9.39. The highest BCUT2D eigenvalue weighted by Gasteiger charge is 2.31. The Morgan fingerprint density at radius 3 is 2.44 bits per heavy atom. The molecular formula is C15H28N2O. The SMILES string of the molecule is CCC(CC)N(CCO)C1CCCCCC1C#N. The highest BCUT2D eigenvalue weighted by atomic mass is 16.3. The standard InChI is InChI=1S/C15H28N2O/c1-3-14(4-2)17(10-11-18)15-9-7-5-6-8-13(15)12-16/h13-15,18H,3-11H2,1-2H3. The van der Waals surface area contributed by atoms with Crippen molar-refractivity contribution in [2.24, 2.45) is 5.92 Å². The minimum absolute atomic E-state index is 0.152. The predicted octanol–water partition coefficient (Wildman–Crippen LogP) is 2.94. The Bertz CT molecular complexity index is 258. The molecule has 1 rings (SSSR count). The summed E-state index contributed by atoms with van der Waals surface area (Å²) < 4.78 is 0. The zero-order valence-electron chi connectivity index (χ0n) is 11.9. The van der Waals surface area contributed by atoms with Crippen LogP contribution in [0, 0.1) is 17.2 Å². The van der Waals surface area contributed by atoms with Gasteiger partial charge in [-0.05, 0) is 25.7 Å². The van der Waals surface area contributed by atoms with E-state index >= 15 is 0 Å². The second-order valence-electron chi connectivity index (χ2n) is 5.37. The summed E-state index contributed by atoms with van der Waals surface area (Å²) in [6.07, 6.45) is 8.02. The first kappa shape index (κ1) is 15.5. The molecule has 0 spiro atoms. The lowest BCUT2D eigenvalue weighted by Gasteiger charge is -2.38. The zero-order chi connectivity index (χ0) is 13.4. The molecule has 1 aliphatic rings. The van der Waals surface area contributed by atoms with E-state index in [1.54, 1.807) is 0 Å². The lowest BCUT2D eigenvalue weighted by Crippen LogP contribution is -2.47. The third-order valence-corrected chi connectivity index (χ3v) is 4.34. The van der Waals surface area contributed by atoms with Gasteiger partial charge in [0.25, 0.3) is 0 Å². The average molecular weight is 252 g/mol. The minimum Gasteiger partial charge on any atom is -0.395 e. The van der Waals surface area contributed by atoms with Gasteiger partial charge in [0, 0.05) is 18.6 Å². The van der Waals surface area contributed by atoms with E-state index in [4.69, 9.17) is 0 Å². The van der Waals surface area contributed by atoms with Crippen molar-refractivity contribution in [2.45, 2.75) is 70.9 Å². The zero-order valence-corrected chi connectivity index (χ0v) is 11.9. The molecule has 1 N–H and O–H groups in total. The third-order valence-electron chi connectivity index (χ3n) is 4.34. The lowest BCUT2D eigenvalue weighted by atomic mass is 9.92. The van der Waals surface area contributed by atoms with Gasteiger partial charge in [-0.25, -0.2) is 0 Å². The number of nitriles is 1. The minimum atomic E-state index is 0.152. The summed E-state index contributed by atoms with van der Waals surface area (Å²) >= 11 is 0. The molecule has 0 radical (unpaired) electrons. The fraction of sp³-hybridized carbons (Fsp3) is 0.933. The molecule has 0 aromatic carbocycles. The van der Waals surface area contributed by atoms with Crippen molar-refractivity contribution in [3.8, 4) is 6.07 Å². The van der Waals surface area contributed by atoms with Crippen LogP contribution in [-0.2, 0) is 0 Å². The summed E-state index contributed by atoms with van der Waals surface area (Å²) in [5.74, 6) is 0.152. The molecule has 2 unspecified atom stereocenters. The van der Waals surface area contributed by atoms with Crippen molar-refractivity contribution in [3.05, 3.63) is 0 Å². The van der Waals surface area contributed by atoms with Gasteiger partial charge in [-0.2, -0.15) is 5.26 Å². The Labute approximate surface area is 112 Å². The van der Waals surface area contributed by atoms with Crippen molar-refractivity contribution in [1.82, 2.24) is 4.90 Å². The van der Waals surface area contributed by atoms with E-state index in [-0.39, 0.29) is 12.5 Å². The molecule has 1 fully saturated rings. The topological polar surface area (TPSA) is 47.3 Å². The van der Waals surface area contributed by atoms with E-state index in [9.17, 15) is 10.4 Å². The van der Waals surface area contributed by atoms with E-state index in [1.165, 1.54) is 19.3 Å². The lowest BCUT2D eigenvalue weighted by molar-refractivity contribution is 0.0729. The first-order chi connectivity index (χ1) is 8.78. The molecular weight excluding hydrogens is 224 g/mol. The largest absolute Gasteiger partial charge is 0.395 e. The second kappa shape index (κ2) is 8.50. The normalized spacial score (nSPS) is 25.1. The van der Waals surface area contributed by atoms with Gasteiger partial charge in [0.1, 0.15) is 0 Å². The van der Waals surface area contributed by atoms with Gasteiger partial charge >= 0.3 is 0 Å². The van der Waals surface area contributed by atoms with Crippen LogP contribution in [0.3, 0.4) is 0 Å². The summed E-state index contributed by atoms with van der Waals surface area (Å²) in [5.41, 5.74) is 0. The molecule has 1 aliphatic carbocycles. The molecule has 18 heavy (non-hydrogen) atoms. The maximum Gasteiger partial charge on any atom is 0.0672 e. The smallest absolute Gasteiger partial charge is 0.0672 e. The van der Waals surface area contributed by atoms with Crippen LogP contribution in [0.5, 0.6) is 0 Å². The number of nitrogens with zero attached hydrogens (tertiary/aromatic N) is 2. The molecule has 0 saturated heterocycles. The van der Waals surface area contributed by atoms with Crippen molar-refractivity contribution >= 4 is 0 Å². The van der Waals surface area contributed by atoms with E-state index < -0.39 is 0 Å². The van der Waals surface area contributed by atoms with Gasteiger partial charge in [0.2, 0.25) is 0 Å². The Kier molecular flexibility index (Phi) is 7.31. The average Bonchev–Trinajstić information content (AvgIpc) is 2.63. The molecule has 0 aromatic heterocycles. The molecule has 0 bridgehead atoms. The van der Waals surface area contributed by atoms with Gasteiger partial charge in [0.05, 0.1) is 18.6 Å². The first-order valence-corrected chi connectivity index (χ1v) is 7.54. The fourth-order valence-electron chi connectivity index (χ4n) is 3.33. The number of aliphatic hydroxyl groups is 1. The molecule has 3 heteroatoms. The van der Waals surface area contributed by atoms with Crippen LogP contribution in [0.2, 0.25) is 0 Å². The van der Waals surface area contributed by atoms with Crippen LogP contribution in [0.1, 0.15) is 58.8 Å². The van der Waals surface area contributed by atoms with Crippen molar-refractivity contribution in [1.29, 1.82) is 5.26 Å². The van der Waals surface area contributed by atoms with Crippen molar-refractivity contribution in [2.75, 3.05) is 13.2 Å². The van der Waals surface area contributed by atoms with Crippen molar-refractivity contribution in [3.63, 3.8) is 0 Å². The summed E-state index contributed by atoms with van der Waals surface area (Å²) in [5, 5.41) is 18.7.